The first-order valence-corrected chi connectivity index (χ1v) is 9.51. The predicted molar refractivity (Wildman–Crippen MR) is 106 cm³/mol. The van der Waals surface area contributed by atoms with E-state index in [0.717, 1.165) is 42.9 Å². The largest absolute Gasteiger partial charge is 0.387 e. The zero-order chi connectivity index (χ0) is 18.9. The summed E-state index contributed by atoms with van der Waals surface area (Å²) < 4.78 is 2.07. The molecule has 1 aromatic carbocycles. The van der Waals surface area contributed by atoms with E-state index in [9.17, 15) is 5.11 Å². The number of likely N-dealkylation sites (tertiary alicyclic amines) is 1. The number of hydrogen-bond donors (Lipinski definition) is 1. The lowest BCUT2D eigenvalue weighted by molar-refractivity contribution is -0.0482. The maximum absolute atomic E-state index is 11.0. The van der Waals surface area contributed by atoms with Crippen LogP contribution in [-0.4, -0.2) is 68.6 Å². The molecule has 2 aromatic heterocycles. The molecule has 0 saturated carbocycles. The normalized spacial score (nSPS) is 21.2. The molecule has 6 nitrogen and oxygen atoms in total. The van der Waals surface area contributed by atoms with Crippen LogP contribution in [0, 0.1) is 0 Å². The van der Waals surface area contributed by atoms with Crippen LogP contribution >= 0.6 is 0 Å². The molecule has 4 rings (SSSR count). The topological polar surface area (TPSA) is 56.9 Å². The van der Waals surface area contributed by atoms with Gasteiger partial charge in [0.15, 0.2) is 0 Å². The van der Waals surface area contributed by atoms with Crippen LogP contribution in [-0.2, 0) is 6.54 Å². The Bertz CT molecular complexity index is 907. The van der Waals surface area contributed by atoms with Gasteiger partial charge in [-0.3, -0.25) is 9.30 Å². The third kappa shape index (κ3) is 3.88. The van der Waals surface area contributed by atoms with E-state index < -0.39 is 5.60 Å². The molecule has 0 radical (unpaired) electrons. The third-order valence-corrected chi connectivity index (χ3v) is 5.17. The SMILES string of the molecule is CN(C)C[C@@]1(O)CCCN(Cc2c(-c3ccccc3)nc3ncccn23)C1. The molecule has 1 saturated heterocycles. The molecular formula is C21H27N5O. The van der Waals surface area contributed by atoms with Crippen molar-refractivity contribution in [2.45, 2.75) is 25.0 Å². The van der Waals surface area contributed by atoms with Crippen LogP contribution < -0.4 is 0 Å². The van der Waals surface area contributed by atoms with E-state index in [1.807, 2.05) is 44.6 Å². The Kier molecular flexibility index (Phi) is 4.95. The van der Waals surface area contributed by atoms with E-state index in [2.05, 4.69) is 31.3 Å². The van der Waals surface area contributed by atoms with Gasteiger partial charge in [-0.05, 0) is 39.5 Å². The molecule has 1 aliphatic heterocycles. The number of imidazole rings is 1. The summed E-state index contributed by atoms with van der Waals surface area (Å²) in [6.45, 7) is 3.08. The van der Waals surface area contributed by atoms with Crippen LogP contribution in [0.3, 0.4) is 0 Å². The highest BCUT2D eigenvalue weighted by atomic mass is 16.3. The molecule has 0 unspecified atom stereocenters. The van der Waals surface area contributed by atoms with Gasteiger partial charge in [0.05, 0.1) is 17.0 Å². The smallest absolute Gasteiger partial charge is 0.234 e. The molecule has 1 atom stereocenters. The fourth-order valence-corrected chi connectivity index (χ4v) is 4.18. The monoisotopic (exact) mass is 365 g/mol. The van der Waals surface area contributed by atoms with E-state index in [1.165, 1.54) is 0 Å². The first-order chi connectivity index (χ1) is 13.0. The van der Waals surface area contributed by atoms with Crippen molar-refractivity contribution in [3.05, 3.63) is 54.5 Å². The summed E-state index contributed by atoms with van der Waals surface area (Å²) in [6, 6.07) is 12.2. The fourth-order valence-electron chi connectivity index (χ4n) is 4.18. The van der Waals surface area contributed by atoms with E-state index in [0.29, 0.717) is 18.9 Å². The predicted octanol–water partition coefficient (Wildman–Crippen LogP) is 2.28. The van der Waals surface area contributed by atoms with Gasteiger partial charge in [0.25, 0.3) is 0 Å². The van der Waals surface area contributed by atoms with E-state index in [-0.39, 0.29) is 0 Å². The molecule has 0 aliphatic carbocycles. The number of benzene rings is 1. The molecule has 27 heavy (non-hydrogen) atoms. The lowest BCUT2D eigenvalue weighted by Gasteiger charge is -2.40. The highest BCUT2D eigenvalue weighted by Gasteiger charge is 2.34. The van der Waals surface area contributed by atoms with Crippen molar-refractivity contribution in [3.63, 3.8) is 0 Å². The Balaban J connectivity index is 1.67. The number of fused-ring (bicyclic) bond motifs is 1. The van der Waals surface area contributed by atoms with Crippen molar-refractivity contribution in [2.75, 3.05) is 33.7 Å². The van der Waals surface area contributed by atoms with Gasteiger partial charge in [0, 0.05) is 37.6 Å². The van der Waals surface area contributed by atoms with Crippen LogP contribution in [0.4, 0.5) is 0 Å². The summed E-state index contributed by atoms with van der Waals surface area (Å²) in [4.78, 5) is 13.6. The summed E-state index contributed by atoms with van der Waals surface area (Å²) in [7, 11) is 4.03. The van der Waals surface area contributed by atoms with Gasteiger partial charge in [0.2, 0.25) is 5.78 Å². The molecule has 142 valence electrons. The Hall–Kier alpha value is -2.28. The molecule has 1 fully saturated rings. The number of likely N-dealkylation sites (N-methyl/N-ethyl adjacent to an activating group) is 1. The van der Waals surface area contributed by atoms with Gasteiger partial charge in [-0.1, -0.05) is 30.3 Å². The van der Waals surface area contributed by atoms with Gasteiger partial charge in [-0.2, -0.15) is 0 Å². The molecule has 1 N–H and O–H groups in total. The van der Waals surface area contributed by atoms with E-state index >= 15 is 0 Å². The number of aliphatic hydroxyl groups is 1. The maximum Gasteiger partial charge on any atom is 0.234 e. The second kappa shape index (κ2) is 7.38. The summed E-state index contributed by atoms with van der Waals surface area (Å²) in [5.41, 5.74) is 2.53. The first-order valence-electron chi connectivity index (χ1n) is 9.51. The number of piperidine rings is 1. The number of nitrogens with zero attached hydrogens (tertiary/aromatic N) is 5. The molecule has 6 heteroatoms. The molecule has 3 heterocycles. The van der Waals surface area contributed by atoms with Crippen molar-refractivity contribution < 1.29 is 5.11 Å². The second-order valence-corrected chi connectivity index (χ2v) is 7.84. The zero-order valence-electron chi connectivity index (χ0n) is 16.0. The second-order valence-electron chi connectivity index (χ2n) is 7.84. The van der Waals surface area contributed by atoms with Gasteiger partial charge in [0.1, 0.15) is 0 Å². The van der Waals surface area contributed by atoms with Gasteiger partial charge < -0.3 is 10.0 Å². The molecule has 1 aliphatic rings. The highest BCUT2D eigenvalue weighted by molar-refractivity contribution is 5.65. The summed E-state index contributed by atoms with van der Waals surface area (Å²) in [6.07, 6.45) is 5.65. The van der Waals surface area contributed by atoms with Crippen LogP contribution in [0.25, 0.3) is 17.0 Å². The number of aromatic nitrogens is 3. The zero-order valence-corrected chi connectivity index (χ0v) is 16.0. The molecular weight excluding hydrogens is 338 g/mol. The van der Waals surface area contributed by atoms with Crippen molar-refractivity contribution in [2.24, 2.45) is 0 Å². The Labute approximate surface area is 160 Å². The Morgan fingerprint density at radius 1 is 1.19 bits per heavy atom. The number of hydrogen-bond acceptors (Lipinski definition) is 5. The van der Waals surface area contributed by atoms with E-state index in [4.69, 9.17) is 4.98 Å². The average molecular weight is 365 g/mol. The number of β-amino-alcohol motifs (C(OH)–C–C–N with tert-alkyl or cyclic N) is 1. The van der Waals surface area contributed by atoms with Gasteiger partial charge in [-0.15, -0.1) is 0 Å². The lowest BCUT2D eigenvalue weighted by Crippen LogP contribution is -2.52. The molecule has 0 spiro atoms. The third-order valence-electron chi connectivity index (χ3n) is 5.17. The maximum atomic E-state index is 11.0. The minimum atomic E-state index is -0.659. The fraction of sp³-hybridized carbons (Fsp3) is 0.429. The minimum Gasteiger partial charge on any atom is -0.387 e. The van der Waals surface area contributed by atoms with Crippen LogP contribution in [0.1, 0.15) is 18.5 Å². The first kappa shape index (κ1) is 18.1. The number of rotatable bonds is 5. The lowest BCUT2D eigenvalue weighted by atomic mass is 9.92. The van der Waals surface area contributed by atoms with Crippen LogP contribution in [0.15, 0.2) is 48.8 Å². The van der Waals surface area contributed by atoms with Crippen molar-refractivity contribution in [3.8, 4) is 11.3 Å². The average Bonchev–Trinajstić information content (AvgIpc) is 3.00. The summed E-state index contributed by atoms with van der Waals surface area (Å²) >= 11 is 0. The van der Waals surface area contributed by atoms with Crippen LogP contribution in [0.5, 0.6) is 0 Å². The Morgan fingerprint density at radius 2 is 2.00 bits per heavy atom. The van der Waals surface area contributed by atoms with Gasteiger partial charge in [-0.25, -0.2) is 9.97 Å². The minimum absolute atomic E-state index is 0.659. The highest BCUT2D eigenvalue weighted by Crippen LogP contribution is 2.28. The standard InChI is InChI=1S/C21H27N5O/c1-24(2)15-21(27)10-6-12-25(16-21)14-18-19(17-8-4-3-5-9-17)23-20-22-11-7-13-26(18)20/h3-5,7-9,11,13,27H,6,10,12,14-16H2,1-2H3/t21-/m0/s1. The summed E-state index contributed by atoms with van der Waals surface area (Å²) in [5.74, 6) is 0.715. The van der Waals surface area contributed by atoms with Crippen molar-refractivity contribution in [1.29, 1.82) is 0 Å². The van der Waals surface area contributed by atoms with Gasteiger partial charge >= 0.3 is 0 Å². The quantitative estimate of drug-likeness (QED) is 0.752. The van der Waals surface area contributed by atoms with Crippen molar-refractivity contribution >= 4 is 5.78 Å². The van der Waals surface area contributed by atoms with E-state index in [1.54, 1.807) is 6.20 Å². The van der Waals surface area contributed by atoms with Crippen LogP contribution in [0.2, 0.25) is 0 Å². The Morgan fingerprint density at radius 3 is 2.78 bits per heavy atom. The van der Waals surface area contributed by atoms with Crippen molar-refractivity contribution in [1.82, 2.24) is 24.2 Å². The summed E-state index contributed by atoms with van der Waals surface area (Å²) in [5, 5.41) is 11.0. The molecule has 3 aromatic rings. The molecule has 0 bridgehead atoms. The molecule has 0 amide bonds.